The van der Waals surface area contributed by atoms with Gasteiger partial charge in [-0.25, -0.2) is 10.4 Å². The average Bonchev–Trinajstić information content (AvgIpc) is 2.73. The summed E-state index contributed by atoms with van der Waals surface area (Å²) in [6.07, 6.45) is 6.44. The summed E-state index contributed by atoms with van der Waals surface area (Å²) < 4.78 is 0. The summed E-state index contributed by atoms with van der Waals surface area (Å²) in [5.74, 6) is 0.0292. The van der Waals surface area contributed by atoms with E-state index in [0.29, 0.717) is 11.6 Å². The summed E-state index contributed by atoms with van der Waals surface area (Å²) in [5, 5.41) is 4.00. The highest BCUT2D eigenvalue weighted by Gasteiger charge is 2.20. The van der Waals surface area contributed by atoms with Crippen LogP contribution >= 0.6 is 34.8 Å². The molecule has 3 N–H and O–H groups in total. The number of nitrogens with zero attached hydrogens (tertiary/aromatic N) is 2. The van der Waals surface area contributed by atoms with Crippen LogP contribution in [0.25, 0.3) is 0 Å². The van der Waals surface area contributed by atoms with Gasteiger partial charge in [-0.15, -0.1) is 0 Å². The van der Waals surface area contributed by atoms with Gasteiger partial charge in [0, 0.05) is 0 Å². The Bertz CT molecular complexity index is 907. The van der Waals surface area contributed by atoms with E-state index in [1.54, 1.807) is 0 Å². The van der Waals surface area contributed by atoms with E-state index >= 15 is 0 Å². The number of aromatic nitrogens is 1. The molecule has 0 saturated heterocycles. The Morgan fingerprint density at radius 1 is 1.11 bits per heavy atom. The molecule has 0 bridgehead atoms. The minimum atomic E-state index is -0.617. The molecule has 148 valence electrons. The van der Waals surface area contributed by atoms with Crippen LogP contribution in [-0.2, 0) is 0 Å². The van der Waals surface area contributed by atoms with Crippen LogP contribution in [0.2, 0.25) is 15.2 Å². The van der Waals surface area contributed by atoms with Gasteiger partial charge in [-0.1, -0.05) is 78.3 Å². The van der Waals surface area contributed by atoms with E-state index in [0.717, 1.165) is 5.56 Å². The Hall–Kier alpha value is -1.82. The number of benzene rings is 1. The number of anilines is 1. The largest absolute Gasteiger partial charge is 0.396 e. The lowest BCUT2D eigenvalue weighted by Crippen LogP contribution is -2.21. The van der Waals surface area contributed by atoms with E-state index < -0.39 is 5.91 Å². The van der Waals surface area contributed by atoms with E-state index in [9.17, 15) is 4.79 Å². The van der Waals surface area contributed by atoms with Gasteiger partial charge in [-0.2, -0.15) is 5.10 Å². The summed E-state index contributed by atoms with van der Waals surface area (Å²) >= 11 is 17.8. The Balaban J connectivity index is 1.71. The number of hydrogen-bond donors (Lipinski definition) is 2. The molecule has 1 saturated carbocycles. The lowest BCUT2D eigenvalue weighted by atomic mass is 9.84. The third-order valence-electron chi connectivity index (χ3n) is 5.02. The van der Waals surface area contributed by atoms with Crippen molar-refractivity contribution in [2.75, 3.05) is 5.73 Å². The zero-order valence-electron chi connectivity index (χ0n) is 15.4. The second kappa shape index (κ2) is 9.12. The highest BCUT2D eigenvalue weighted by Crippen LogP contribution is 2.34. The van der Waals surface area contributed by atoms with Gasteiger partial charge < -0.3 is 5.73 Å². The number of nitrogens with one attached hydrogen (secondary N) is 1. The minimum absolute atomic E-state index is 0.00693. The third-order valence-corrected chi connectivity index (χ3v) is 6.15. The Morgan fingerprint density at radius 2 is 1.75 bits per heavy atom. The lowest BCUT2D eigenvalue weighted by Gasteiger charge is -2.22. The van der Waals surface area contributed by atoms with Crippen molar-refractivity contribution in [3.8, 4) is 0 Å². The van der Waals surface area contributed by atoms with Crippen LogP contribution in [0.15, 0.2) is 29.4 Å². The normalized spacial score (nSPS) is 15.5. The maximum absolute atomic E-state index is 12.4. The summed E-state index contributed by atoms with van der Waals surface area (Å²) in [6.45, 7) is 1.81. The van der Waals surface area contributed by atoms with Crippen molar-refractivity contribution < 1.29 is 4.79 Å². The maximum atomic E-state index is 12.4. The van der Waals surface area contributed by atoms with Crippen molar-refractivity contribution >= 4 is 52.1 Å². The number of hydrogen-bond acceptors (Lipinski definition) is 4. The van der Waals surface area contributed by atoms with Crippen LogP contribution in [0.5, 0.6) is 0 Å². The second-order valence-corrected chi connectivity index (χ2v) is 8.00. The van der Waals surface area contributed by atoms with Gasteiger partial charge in [0.05, 0.1) is 16.4 Å². The van der Waals surface area contributed by atoms with Crippen LogP contribution in [0, 0.1) is 0 Å². The van der Waals surface area contributed by atoms with Crippen molar-refractivity contribution in [3.05, 3.63) is 56.3 Å². The molecule has 2 aromatic rings. The van der Waals surface area contributed by atoms with Gasteiger partial charge in [0.15, 0.2) is 10.8 Å². The van der Waals surface area contributed by atoms with Gasteiger partial charge in [0.25, 0.3) is 5.91 Å². The molecule has 1 aromatic carbocycles. The summed E-state index contributed by atoms with van der Waals surface area (Å²) in [7, 11) is 0. The van der Waals surface area contributed by atoms with Crippen LogP contribution in [0.1, 0.15) is 66.6 Å². The molecule has 0 radical (unpaired) electrons. The molecule has 1 fully saturated rings. The van der Waals surface area contributed by atoms with Gasteiger partial charge in [0.1, 0.15) is 5.02 Å². The first-order chi connectivity index (χ1) is 13.4. The monoisotopic (exact) mass is 438 g/mol. The molecule has 8 heteroatoms. The SMILES string of the molecule is CC(=NNC(=O)c1nc(Cl)c(Cl)c(N)c1Cl)c1ccc(C2CCCCC2)cc1. The number of pyridine rings is 1. The Morgan fingerprint density at radius 3 is 2.39 bits per heavy atom. The lowest BCUT2D eigenvalue weighted by molar-refractivity contribution is 0.0950. The van der Waals surface area contributed by atoms with Crippen LogP contribution < -0.4 is 11.2 Å². The second-order valence-electron chi connectivity index (χ2n) is 6.89. The van der Waals surface area contributed by atoms with Crippen molar-refractivity contribution in [3.63, 3.8) is 0 Å². The zero-order valence-corrected chi connectivity index (χ0v) is 17.7. The molecule has 5 nitrogen and oxygen atoms in total. The number of amides is 1. The molecule has 0 unspecified atom stereocenters. The van der Waals surface area contributed by atoms with Gasteiger partial charge in [-0.05, 0) is 36.8 Å². The number of carbonyl (C=O) groups is 1. The molecular weight excluding hydrogens is 419 g/mol. The summed E-state index contributed by atoms with van der Waals surface area (Å²) in [6, 6.07) is 8.34. The molecule has 1 amide bonds. The number of nitrogens with two attached hydrogens (primary N) is 1. The van der Waals surface area contributed by atoms with E-state index in [4.69, 9.17) is 40.5 Å². The molecular formula is C20H21Cl3N4O. The minimum Gasteiger partial charge on any atom is -0.396 e. The highest BCUT2D eigenvalue weighted by molar-refractivity contribution is 6.46. The number of carbonyl (C=O) groups excluding carboxylic acids is 1. The standard InChI is InChI=1S/C20H21Cl3N4O/c1-11(12-7-9-14(10-8-12)13-5-3-2-4-6-13)26-27-20(28)18-15(21)17(24)16(22)19(23)25-18/h7-10,13H,2-6H2,1H3,(H2,24,25)(H,27,28). The zero-order chi connectivity index (χ0) is 20.3. The molecule has 0 atom stereocenters. The first kappa shape index (κ1) is 20.9. The molecule has 1 aliphatic carbocycles. The fraction of sp³-hybridized carbons (Fsp3) is 0.350. The molecule has 1 aromatic heterocycles. The fourth-order valence-electron chi connectivity index (χ4n) is 3.37. The highest BCUT2D eigenvalue weighted by atomic mass is 35.5. The molecule has 1 aliphatic rings. The maximum Gasteiger partial charge on any atom is 0.291 e. The molecule has 0 spiro atoms. The van der Waals surface area contributed by atoms with Crippen molar-refractivity contribution in [1.82, 2.24) is 10.4 Å². The van der Waals surface area contributed by atoms with Gasteiger partial charge in [0.2, 0.25) is 0 Å². The van der Waals surface area contributed by atoms with E-state index in [-0.39, 0.29) is 26.6 Å². The fourth-order valence-corrected chi connectivity index (χ4v) is 3.96. The molecule has 0 aliphatic heterocycles. The first-order valence-corrected chi connectivity index (χ1v) is 10.3. The quantitative estimate of drug-likeness (QED) is 0.357. The number of hydrazone groups is 1. The molecule has 28 heavy (non-hydrogen) atoms. The van der Waals surface area contributed by atoms with Crippen molar-refractivity contribution in [2.45, 2.75) is 44.9 Å². The number of halogens is 3. The smallest absolute Gasteiger partial charge is 0.291 e. The number of nitrogen functional groups attached to an aromatic ring is 1. The Labute approximate surface area is 179 Å². The topological polar surface area (TPSA) is 80.4 Å². The van der Waals surface area contributed by atoms with Crippen LogP contribution in [0.3, 0.4) is 0 Å². The van der Waals surface area contributed by atoms with Crippen LogP contribution in [0.4, 0.5) is 5.69 Å². The average molecular weight is 440 g/mol. The first-order valence-electron chi connectivity index (χ1n) is 9.13. The third kappa shape index (κ3) is 4.59. The van der Waals surface area contributed by atoms with Crippen molar-refractivity contribution in [2.24, 2.45) is 5.10 Å². The van der Waals surface area contributed by atoms with Crippen LogP contribution in [-0.4, -0.2) is 16.6 Å². The van der Waals surface area contributed by atoms with E-state index in [2.05, 4.69) is 27.6 Å². The summed E-state index contributed by atoms with van der Waals surface area (Å²) in [4.78, 5) is 16.2. The van der Waals surface area contributed by atoms with E-state index in [1.165, 1.54) is 37.7 Å². The Kier molecular flexibility index (Phi) is 6.81. The number of rotatable bonds is 4. The van der Waals surface area contributed by atoms with E-state index in [1.807, 2.05) is 19.1 Å². The van der Waals surface area contributed by atoms with Gasteiger partial charge >= 0.3 is 0 Å². The molecule has 3 rings (SSSR count). The van der Waals surface area contributed by atoms with Crippen molar-refractivity contribution in [1.29, 1.82) is 0 Å². The molecule has 1 heterocycles. The predicted molar refractivity (Wildman–Crippen MR) is 116 cm³/mol. The van der Waals surface area contributed by atoms with Gasteiger partial charge in [-0.3, -0.25) is 4.79 Å². The predicted octanol–water partition coefficient (Wildman–Crippen LogP) is 5.83. The summed E-state index contributed by atoms with van der Waals surface area (Å²) in [5.41, 5.74) is 11.0.